The second kappa shape index (κ2) is 6.87. The van der Waals surface area contributed by atoms with Gasteiger partial charge in [0.1, 0.15) is 12.3 Å². The maximum atomic E-state index is 12.2. The van der Waals surface area contributed by atoms with E-state index in [0.29, 0.717) is 11.4 Å². The Bertz CT molecular complexity index is 812. The zero-order valence-electron chi connectivity index (χ0n) is 13.0. The van der Waals surface area contributed by atoms with Gasteiger partial charge in [-0.25, -0.2) is 9.48 Å². The van der Waals surface area contributed by atoms with Crippen LogP contribution in [-0.2, 0) is 24.3 Å². The number of carbonyl (C=O) groups is 2. The number of hydrogen-bond donors (Lipinski definition) is 4. The number of carboxylic acids is 1. The van der Waals surface area contributed by atoms with E-state index >= 15 is 0 Å². The molecule has 1 aromatic heterocycles. The molecule has 12 heteroatoms. The van der Waals surface area contributed by atoms with Crippen molar-refractivity contribution in [2.75, 3.05) is 0 Å². The van der Waals surface area contributed by atoms with E-state index in [4.69, 9.17) is 15.5 Å². The predicted octanol–water partition coefficient (Wildman–Crippen LogP) is -2.03. The Balaban J connectivity index is 1.71. The van der Waals surface area contributed by atoms with Crippen molar-refractivity contribution in [3.05, 3.63) is 35.2 Å². The van der Waals surface area contributed by atoms with Gasteiger partial charge in [-0.1, -0.05) is 12.1 Å². The summed E-state index contributed by atoms with van der Waals surface area (Å²) in [5, 5.41) is 32.7. The third-order valence-corrected chi connectivity index (χ3v) is 3.78. The lowest BCUT2D eigenvalue weighted by Crippen LogP contribution is -2.53. The van der Waals surface area contributed by atoms with Crippen molar-refractivity contribution >= 4 is 19.0 Å². The monoisotopic (exact) mass is 346 g/mol. The number of fused-ring (bicyclic) bond motifs is 1. The van der Waals surface area contributed by atoms with Gasteiger partial charge in [0.25, 0.3) is 0 Å². The van der Waals surface area contributed by atoms with Crippen LogP contribution in [0.15, 0.2) is 18.2 Å². The van der Waals surface area contributed by atoms with Crippen LogP contribution in [0, 0.1) is 0 Å². The van der Waals surface area contributed by atoms with Gasteiger partial charge in [0, 0.05) is 0 Å². The molecule has 1 atom stereocenters. The molecular weight excluding hydrogens is 331 g/mol. The highest BCUT2D eigenvalue weighted by Crippen LogP contribution is 2.30. The Labute approximate surface area is 141 Å². The minimum atomic E-state index is -1.38. The Morgan fingerprint density at radius 3 is 3.00 bits per heavy atom. The van der Waals surface area contributed by atoms with Crippen LogP contribution in [-0.4, -0.2) is 55.3 Å². The van der Waals surface area contributed by atoms with Gasteiger partial charge in [-0.2, -0.15) is 0 Å². The average Bonchev–Trinajstić information content (AvgIpc) is 3.01. The summed E-state index contributed by atoms with van der Waals surface area (Å²) in [6, 6.07) is 4.65. The molecule has 0 aliphatic carbocycles. The highest BCUT2D eigenvalue weighted by atomic mass is 16.5. The zero-order valence-corrected chi connectivity index (χ0v) is 13.0. The zero-order chi connectivity index (χ0) is 18.0. The molecule has 25 heavy (non-hydrogen) atoms. The molecule has 3 rings (SSSR count). The number of aromatic nitrogens is 4. The van der Waals surface area contributed by atoms with E-state index in [9.17, 15) is 14.6 Å². The molecule has 0 spiro atoms. The molecule has 0 radical (unpaired) electrons. The molecule has 0 fully saturated rings. The normalized spacial score (nSPS) is 16.1. The number of amides is 1. The van der Waals surface area contributed by atoms with Gasteiger partial charge in [-0.05, 0) is 28.5 Å². The molecular formula is C13H15BN6O5. The van der Waals surface area contributed by atoms with Gasteiger partial charge in [-0.3, -0.25) is 4.79 Å². The lowest BCUT2D eigenvalue weighted by molar-refractivity contribution is -0.122. The predicted molar refractivity (Wildman–Crippen MR) is 83.3 cm³/mol. The first-order chi connectivity index (χ1) is 12.0. The van der Waals surface area contributed by atoms with E-state index < -0.39 is 24.9 Å². The van der Waals surface area contributed by atoms with Gasteiger partial charge < -0.3 is 25.8 Å². The fourth-order valence-electron chi connectivity index (χ4n) is 2.60. The largest absolute Gasteiger partial charge is 0.547 e. The Morgan fingerprint density at radius 1 is 1.48 bits per heavy atom. The summed E-state index contributed by atoms with van der Waals surface area (Å²) >= 11 is 0. The van der Waals surface area contributed by atoms with E-state index in [2.05, 4.69) is 20.8 Å². The fraction of sp³-hybridized carbons (Fsp3) is 0.308. The molecule has 1 aliphatic rings. The summed E-state index contributed by atoms with van der Waals surface area (Å²) in [7, 11) is -1.38. The number of nitrogens with two attached hydrogens (primary N) is 1. The standard InChI is InChI=1S/C13H15BN6O5/c15-5-10-17-18-19-20(10)6-11(21)16-9-4-7-2-1-3-8(13(22)23)12(7)25-14(9)24/h1-3,9,24H,4-6,15H2,(H,16,21)(H,22,23)/t9-/m0/s1. The Hall–Kier alpha value is -2.99. The number of nitrogens with zero attached hydrogens (tertiary/aromatic N) is 4. The molecule has 2 heterocycles. The number of carboxylic acid groups (broad SMARTS) is 1. The molecule has 1 amide bonds. The Morgan fingerprint density at radius 2 is 2.28 bits per heavy atom. The van der Waals surface area contributed by atoms with Crippen LogP contribution in [0.25, 0.3) is 0 Å². The van der Waals surface area contributed by atoms with Crippen molar-refractivity contribution in [3.8, 4) is 5.75 Å². The molecule has 0 unspecified atom stereocenters. The molecule has 1 aliphatic heterocycles. The number of benzene rings is 1. The summed E-state index contributed by atoms with van der Waals surface area (Å²) in [5.41, 5.74) is 6.01. The van der Waals surface area contributed by atoms with Crippen LogP contribution in [0.1, 0.15) is 21.7 Å². The summed E-state index contributed by atoms with van der Waals surface area (Å²) < 4.78 is 6.56. The SMILES string of the molecule is NCc1nnnn1CC(=O)N[C@H]1Cc2cccc(C(=O)O)c2OB1O. The number of nitrogens with one attached hydrogen (secondary N) is 1. The van der Waals surface area contributed by atoms with Gasteiger partial charge in [0.05, 0.1) is 18.0 Å². The lowest BCUT2D eigenvalue weighted by atomic mass is 9.72. The second-order valence-corrected chi connectivity index (χ2v) is 5.44. The molecule has 1 aromatic carbocycles. The van der Waals surface area contributed by atoms with Crippen molar-refractivity contribution in [1.29, 1.82) is 0 Å². The van der Waals surface area contributed by atoms with Crippen LogP contribution in [0.4, 0.5) is 0 Å². The minimum Gasteiger partial charge on any atom is -0.534 e. The maximum absolute atomic E-state index is 12.2. The average molecular weight is 346 g/mol. The fourth-order valence-corrected chi connectivity index (χ4v) is 2.60. The van der Waals surface area contributed by atoms with E-state index in [1.54, 1.807) is 12.1 Å². The van der Waals surface area contributed by atoms with Gasteiger partial charge >= 0.3 is 13.1 Å². The molecule has 2 aromatic rings. The summed E-state index contributed by atoms with van der Waals surface area (Å²) in [6.07, 6.45) is 0.225. The smallest absolute Gasteiger partial charge is 0.534 e. The second-order valence-electron chi connectivity index (χ2n) is 5.44. The summed E-state index contributed by atoms with van der Waals surface area (Å²) in [5.74, 6) is -1.86. The van der Waals surface area contributed by atoms with Crippen molar-refractivity contribution in [1.82, 2.24) is 25.5 Å². The van der Waals surface area contributed by atoms with Crippen molar-refractivity contribution in [2.24, 2.45) is 5.73 Å². The quantitative estimate of drug-likeness (QED) is 0.447. The Kier molecular flexibility index (Phi) is 4.63. The van der Waals surface area contributed by atoms with E-state index in [-0.39, 0.29) is 30.8 Å². The number of rotatable bonds is 5. The van der Waals surface area contributed by atoms with Gasteiger partial charge in [-0.15, -0.1) is 5.10 Å². The summed E-state index contributed by atoms with van der Waals surface area (Å²) in [4.78, 5) is 23.4. The summed E-state index contributed by atoms with van der Waals surface area (Å²) in [6.45, 7) is -0.0778. The number of aromatic carboxylic acids is 1. The first kappa shape index (κ1) is 16.9. The number of carbonyl (C=O) groups excluding carboxylic acids is 1. The van der Waals surface area contributed by atoms with Crippen LogP contribution in [0.3, 0.4) is 0 Å². The van der Waals surface area contributed by atoms with Gasteiger partial charge in [0.2, 0.25) is 5.91 Å². The van der Waals surface area contributed by atoms with E-state index in [1.165, 1.54) is 10.7 Å². The third kappa shape index (κ3) is 3.44. The minimum absolute atomic E-state index is 0.0393. The van der Waals surface area contributed by atoms with Crippen LogP contribution in [0.2, 0.25) is 0 Å². The van der Waals surface area contributed by atoms with Crippen molar-refractivity contribution < 1.29 is 24.4 Å². The molecule has 130 valence electrons. The maximum Gasteiger partial charge on any atom is 0.547 e. The molecule has 0 bridgehead atoms. The van der Waals surface area contributed by atoms with Gasteiger partial charge in [0.15, 0.2) is 5.82 Å². The molecule has 0 saturated heterocycles. The van der Waals surface area contributed by atoms with E-state index in [0.717, 1.165) is 0 Å². The number of tetrazole rings is 1. The van der Waals surface area contributed by atoms with Crippen LogP contribution < -0.4 is 15.7 Å². The number of para-hydroxylation sites is 1. The van der Waals surface area contributed by atoms with Crippen LogP contribution >= 0.6 is 0 Å². The van der Waals surface area contributed by atoms with Crippen LogP contribution in [0.5, 0.6) is 5.75 Å². The number of hydrogen-bond acceptors (Lipinski definition) is 8. The third-order valence-electron chi connectivity index (χ3n) is 3.78. The molecule has 5 N–H and O–H groups in total. The highest BCUT2D eigenvalue weighted by molar-refractivity contribution is 6.47. The first-order valence-corrected chi connectivity index (χ1v) is 7.44. The first-order valence-electron chi connectivity index (χ1n) is 7.44. The van der Waals surface area contributed by atoms with Crippen molar-refractivity contribution in [3.63, 3.8) is 0 Å². The molecule has 11 nitrogen and oxygen atoms in total. The molecule has 0 saturated carbocycles. The topological polar surface area (TPSA) is 165 Å². The highest BCUT2D eigenvalue weighted by Gasteiger charge is 2.37. The lowest BCUT2D eigenvalue weighted by Gasteiger charge is -2.28. The van der Waals surface area contributed by atoms with Crippen molar-refractivity contribution in [2.45, 2.75) is 25.5 Å². The van der Waals surface area contributed by atoms with E-state index in [1.807, 2.05) is 0 Å².